The molecule has 0 aliphatic carbocycles. The quantitative estimate of drug-likeness (QED) is 0.850. The van der Waals surface area contributed by atoms with Crippen molar-refractivity contribution in [2.24, 2.45) is 0 Å². The lowest BCUT2D eigenvalue weighted by Crippen LogP contribution is -2.21. The van der Waals surface area contributed by atoms with Gasteiger partial charge in [0.15, 0.2) is 0 Å². The lowest BCUT2D eigenvalue weighted by molar-refractivity contribution is -0.151. The van der Waals surface area contributed by atoms with Crippen molar-refractivity contribution >= 4 is 5.97 Å². The fraction of sp³-hybridized carbons (Fsp3) is 0.188. The van der Waals surface area contributed by atoms with E-state index in [1.807, 2.05) is 18.2 Å². The molecule has 0 saturated carbocycles. The molecule has 0 radical (unpaired) electrons. The molecule has 0 saturated heterocycles. The number of hydrogen-bond donors (Lipinski definition) is 1. The summed E-state index contributed by atoms with van der Waals surface area (Å²) in [6.45, 7) is 1.98. The summed E-state index contributed by atoms with van der Waals surface area (Å²) < 4.78 is 10.7. The van der Waals surface area contributed by atoms with Crippen LogP contribution in [0, 0.1) is 0 Å². The summed E-state index contributed by atoms with van der Waals surface area (Å²) in [7, 11) is 0. The number of hydrogen-bond acceptors (Lipinski definition) is 4. The van der Waals surface area contributed by atoms with Crippen LogP contribution in [0.5, 0.6) is 11.5 Å². The number of benzene rings is 2. The van der Waals surface area contributed by atoms with Crippen molar-refractivity contribution < 1.29 is 19.4 Å². The van der Waals surface area contributed by atoms with Crippen molar-refractivity contribution in [3.8, 4) is 11.5 Å². The van der Waals surface area contributed by atoms with E-state index in [9.17, 15) is 9.90 Å². The van der Waals surface area contributed by atoms with Crippen molar-refractivity contribution in [1.29, 1.82) is 0 Å². The summed E-state index contributed by atoms with van der Waals surface area (Å²) >= 11 is 0. The summed E-state index contributed by atoms with van der Waals surface area (Å²) in [5, 5.41) is 9.89. The highest BCUT2D eigenvalue weighted by Crippen LogP contribution is 2.29. The van der Waals surface area contributed by atoms with Gasteiger partial charge in [0.25, 0.3) is 0 Å². The molecule has 0 heterocycles. The van der Waals surface area contributed by atoms with E-state index in [1.165, 1.54) is 6.07 Å². The molecule has 1 atom stereocenters. The Kier molecular flexibility index (Phi) is 4.60. The molecule has 0 spiro atoms. The minimum atomic E-state index is -0.987. The molecule has 0 bridgehead atoms. The summed E-state index contributed by atoms with van der Waals surface area (Å²) in [4.78, 5) is 12.0. The molecular weight excluding hydrogens is 256 g/mol. The molecule has 2 rings (SSSR count). The lowest BCUT2D eigenvalue weighted by atomic mass is 10.1. The zero-order chi connectivity index (χ0) is 14.4. The highest BCUT2D eigenvalue weighted by Gasteiger charge is 2.26. The first-order valence-corrected chi connectivity index (χ1v) is 6.38. The van der Waals surface area contributed by atoms with Gasteiger partial charge in [-0.1, -0.05) is 36.4 Å². The van der Waals surface area contributed by atoms with E-state index < -0.39 is 12.1 Å². The Morgan fingerprint density at radius 2 is 1.75 bits per heavy atom. The van der Waals surface area contributed by atoms with Crippen LogP contribution < -0.4 is 4.74 Å². The Balaban J connectivity index is 2.30. The van der Waals surface area contributed by atoms with Crippen LogP contribution in [0.4, 0.5) is 0 Å². The van der Waals surface area contributed by atoms with Crippen LogP contribution in [0.3, 0.4) is 0 Å². The third kappa shape index (κ3) is 3.29. The summed E-state index contributed by atoms with van der Waals surface area (Å²) in [5.74, 6) is 0.00754. The third-order valence-corrected chi connectivity index (χ3v) is 2.72. The molecule has 104 valence electrons. The Morgan fingerprint density at radius 1 is 1.10 bits per heavy atom. The van der Waals surface area contributed by atoms with Crippen LogP contribution in [-0.2, 0) is 9.53 Å². The van der Waals surface area contributed by atoms with E-state index in [2.05, 4.69) is 0 Å². The van der Waals surface area contributed by atoms with E-state index >= 15 is 0 Å². The number of carbonyl (C=O) groups is 1. The molecule has 2 aromatic carbocycles. The summed E-state index contributed by atoms with van der Waals surface area (Å²) in [5.41, 5.74) is 0.384. The van der Waals surface area contributed by atoms with Crippen molar-refractivity contribution in [3.63, 3.8) is 0 Å². The van der Waals surface area contributed by atoms with Gasteiger partial charge in [0.1, 0.15) is 11.5 Å². The molecule has 4 heteroatoms. The Morgan fingerprint density at radius 3 is 2.40 bits per heavy atom. The number of carbonyl (C=O) groups excluding carboxylic acids is 1. The van der Waals surface area contributed by atoms with E-state index in [4.69, 9.17) is 9.47 Å². The molecule has 0 aliphatic rings. The maximum absolute atomic E-state index is 12.0. The number of aromatic hydroxyl groups is 1. The van der Waals surface area contributed by atoms with Gasteiger partial charge >= 0.3 is 5.97 Å². The molecule has 4 nitrogen and oxygen atoms in total. The number of rotatable bonds is 5. The second-order valence-corrected chi connectivity index (χ2v) is 4.12. The van der Waals surface area contributed by atoms with Gasteiger partial charge in [0.2, 0.25) is 6.10 Å². The molecule has 0 aliphatic heterocycles. The zero-order valence-corrected chi connectivity index (χ0v) is 11.2. The molecular formula is C16H16O4. The van der Waals surface area contributed by atoms with Crippen molar-refractivity contribution in [1.82, 2.24) is 0 Å². The van der Waals surface area contributed by atoms with Crippen LogP contribution in [-0.4, -0.2) is 17.7 Å². The molecule has 20 heavy (non-hydrogen) atoms. The number of para-hydroxylation sites is 2. The minimum Gasteiger partial charge on any atom is -0.508 e. The highest BCUT2D eigenvalue weighted by molar-refractivity contribution is 5.78. The lowest BCUT2D eigenvalue weighted by Gasteiger charge is -2.18. The smallest absolute Gasteiger partial charge is 0.352 e. The normalized spacial score (nSPS) is 11.7. The van der Waals surface area contributed by atoms with E-state index in [0.29, 0.717) is 11.3 Å². The second kappa shape index (κ2) is 6.61. The Hall–Kier alpha value is -2.49. The van der Waals surface area contributed by atoms with Gasteiger partial charge in [-0.15, -0.1) is 0 Å². The standard InChI is InChI=1S/C16H16O4/c1-2-19-16(18)15(13-10-6-7-11-14(13)17)20-12-8-4-3-5-9-12/h3-11,15,17H,2H2,1H3. The zero-order valence-electron chi connectivity index (χ0n) is 11.2. The van der Waals surface area contributed by atoms with E-state index in [1.54, 1.807) is 37.3 Å². The third-order valence-electron chi connectivity index (χ3n) is 2.72. The van der Waals surface area contributed by atoms with Gasteiger partial charge in [-0.3, -0.25) is 0 Å². The van der Waals surface area contributed by atoms with Crippen molar-refractivity contribution in [2.75, 3.05) is 6.61 Å². The second-order valence-electron chi connectivity index (χ2n) is 4.12. The number of phenols is 1. The molecule has 1 unspecified atom stereocenters. The molecule has 2 aromatic rings. The van der Waals surface area contributed by atoms with Crippen LogP contribution in [0.2, 0.25) is 0 Å². The number of ether oxygens (including phenoxy) is 2. The fourth-order valence-corrected chi connectivity index (χ4v) is 1.80. The van der Waals surface area contributed by atoms with Crippen LogP contribution in [0.25, 0.3) is 0 Å². The SMILES string of the molecule is CCOC(=O)C(Oc1ccccc1)c1ccccc1O. The van der Waals surface area contributed by atoms with Crippen molar-refractivity contribution in [2.45, 2.75) is 13.0 Å². The molecule has 1 N–H and O–H groups in total. The largest absolute Gasteiger partial charge is 0.508 e. The first-order valence-electron chi connectivity index (χ1n) is 6.38. The fourth-order valence-electron chi connectivity index (χ4n) is 1.80. The molecule has 0 aromatic heterocycles. The monoisotopic (exact) mass is 272 g/mol. The topological polar surface area (TPSA) is 55.8 Å². The van der Waals surface area contributed by atoms with E-state index in [-0.39, 0.29) is 12.4 Å². The van der Waals surface area contributed by atoms with Gasteiger partial charge in [0.05, 0.1) is 6.61 Å². The van der Waals surface area contributed by atoms with Crippen LogP contribution in [0.1, 0.15) is 18.6 Å². The first kappa shape index (κ1) is 13.9. The molecule has 0 amide bonds. The van der Waals surface area contributed by atoms with Gasteiger partial charge < -0.3 is 14.6 Å². The number of phenolic OH excluding ortho intramolecular Hbond substituents is 1. The first-order chi connectivity index (χ1) is 9.72. The Bertz CT molecular complexity index is 566. The summed E-state index contributed by atoms with van der Waals surface area (Å²) in [6.07, 6.45) is -0.987. The number of esters is 1. The average Bonchev–Trinajstić information content (AvgIpc) is 2.47. The maximum Gasteiger partial charge on any atom is 0.352 e. The average molecular weight is 272 g/mol. The minimum absolute atomic E-state index is 0.00137. The molecule has 0 fully saturated rings. The van der Waals surface area contributed by atoms with Gasteiger partial charge in [-0.05, 0) is 25.1 Å². The van der Waals surface area contributed by atoms with Crippen LogP contribution >= 0.6 is 0 Å². The van der Waals surface area contributed by atoms with Gasteiger partial charge in [-0.25, -0.2) is 4.79 Å². The van der Waals surface area contributed by atoms with E-state index in [0.717, 1.165) is 0 Å². The Labute approximate surface area is 117 Å². The highest BCUT2D eigenvalue weighted by atomic mass is 16.6. The predicted molar refractivity (Wildman–Crippen MR) is 74.6 cm³/mol. The maximum atomic E-state index is 12.0. The van der Waals surface area contributed by atoms with Gasteiger partial charge in [-0.2, -0.15) is 0 Å². The van der Waals surface area contributed by atoms with Gasteiger partial charge in [0, 0.05) is 5.56 Å². The van der Waals surface area contributed by atoms with Crippen LogP contribution in [0.15, 0.2) is 54.6 Å². The predicted octanol–water partition coefficient (Wildman–Crippen LogP) is 3.08. The van der Waals surface area contributed by atoms with Crippen molar-refractivity contribution in [3.05, 3.63) is 60.2 Å². The summed E-state index contributed by atoms with van der Waals surface area (Å²) in [6, 6.07) is 15.5.